The first-order valence-electron chi connectivity index (χ1n) is 11.0. The molecule has 0 fully saturated rings. The zero-order valence-corrected chi connectivity index (χ0v) is 20.2. The highest BCUT2D eigenvalue weighted by Crippen LogP contribution is 2.30. The summed E-state index contributed by atoms with van der Waals surface area (Å²) < 4.78 is 10.0. The second kappa shape index (κ2) is 10.5. The molecule has 1 N–H and O–H groups in total. The number of aryl methyl sites for hydroxylation is 1. The van der Waals surface area contributed by atoms with Crippen LogP contribution in [0.3, 0.4) is 0 Å². The molecule has 36 heavy (non-hydrogen) atoms. The van der Waals surface area contributed by atoms with Gasteiger partial charge < -0.3 is 14.8 Å². The summed E-state index contributed by atoms with van der Waals surface area (Å²) in [4.78, 5) is 50.6. The summed E-state index contributed by atoms with van der Waals surface area (Å²) in [7, 11) is 1.26. The number of rotatable bonds is 7. The summed E-state index contributed by atoms with van der Waals surface area (Å²) in [5, 5.41) is 2.57. The Kier molecular flexibility index (Phi) is 7.17. The van der Waals surface area contributed by atoms with E-state index in [1.165, 1.54) is 43.5 Å². The third-order valence-electron chi connectivity index (χ3n) is 5.51. The first-order valence-corrected chi connectivity index (χ1v) is 11.3. The molecule has 3 aromatic carbocycles. The summed E-state index contributed by atoms with van der Waals surface area (Å²) in [6.45, 7) is 2.04. The maximum atomic E-state index is 13.0. The van der Waals surface area contributed by atoms with E-state index in [1.807, 2.05) is 19.1 Å². The van der Waals surface area contributed by atoms with E-state index in [0.29, 0.717) is 17.0 Å². The number of halogens is 1. The Labute approximate surface area is 212 Å². The van der Waals surface area contributed by atoms with Crippen LogP contribution in [0.1, 0.15) is 33.2 Å². The molecule has 0 aromatic heterocycles. The van der Waals surface area contributed by atoms with Crippen molar-refractivity contribution in [2.24, 2.45) is 0 Å². The normalized spacial score (nSPS) is 13.1. The van der Waals surface area contributed by atoms with Gasteiger partial charge in [-0.2, -0.15) is 0 Å². The van der Waals surface area contributed by atoms with Gasteiger partial charge in [-0.25, -0.2) is 14.5 Å². The standard InChI is InChI=1S/C27H21ClN2O6/c1-3-16-4-14-21(15-5-16)36-27(34)18-6-10-19(11-7-18)29-23-22(28)24(31)30(25(23)32)20-12-8-17(9-13-20)26(33)35-2/h4-15,29H,3H2,1-2H3. The van der Waals surface area contributed by atoms with Crippen LogP contribution >= 0.6 is 11.6 Å². The predicted molar refractivity (Wildman–Crippen MR) is 134 cm³/mol. The highest BCUT2D eigenvalue weighted by atomic mass is 35.5. The molecule has 0 spiro atoms. The molecule has 0 saturated carbocycles. The lowest BCUT2D eigenvalue weighted by atomic mass is 10.1. The minimum Gasteiger partial charge on any atom is -0.465 e. The van der Waals surface area contributed by atoms with Crippen LogP contribution in [0.2, 0.25) is 0 Å². The van der Waals surface area contributed by atoms with Gasteiger partial charge in [0.2, 0.25) is 0 Å². The molecule has 0 aliphatic carbocycles. The number of methoxy groups -OCH3 is 1. The summed E-state index contributed by atoms with van der Waals surface area (Å²) in [5.74, 6) is -2.00. The molecule has 0 bridgehead atoms. The molecule has 1 aliphatic rings. The highest BCUT2D eigenvalue weighted by molar-refractivity contribution is 6.53. The van der Waals surface area contributed by atoms with Crippen LogP contribution < -0.4 is 15.0 Å². The van der Waals surface area contributed by atoms with Crippen LogP contribution in [0.15, 0.2) is 83.5 Å². The molecular weight excluding hydrogens is 484 g/mol. The van der Waals surface area contributed by atoms with E-state index < -0.39 is 23.8 Å². The van der Waals surface area contributed by atoms with Gasteiger partial charge in [0.25, 0.3) is 11.8 Å². The number of hydrogen-bond acceptors (Lipinski definition) is 7. The molecule has 0 atom stereocenters. The van der Waals surface area contributed by atoms with E-state index in [4.69, 9.17) is 16.3 Å². The quantitative estimate of drug-likeness (QED) is 0.283. The number of amides is 2. The third-order valence-corrected chi connectivity index (χ3v) is 5.86. The SMILES string of the molecule is CCc1ccc(OC(=O)c2ccc(NC3=C(Cl)C(=O)N(c4ccc(C(=O)OC)cc4)C3=O)cc2)cc1. The molecule has 182 valence electrons. The molecule has 2 amide bonds. The van der Waals surface area contributed by atoms with E-state index in [2.05, 4.69) is 10.1 Å². The van der Waals surface area contributed by atoms with Crippen molar-refractivity contribution in [1.82, 2.24) is 0 Å². The molecular formula is C27H21ClN2O6. The smallest absolute Gasteiger partial charge is 0.343 e. The fourth-order valence-corrected chi connectivity index (χ4v) is 3.72. The van der Waals surface area contributed by atoms with E-state index in [1.54, 1.807) is 24.3 Å². The Morgan fingerprint density at radius 1 is 0.833 bits per heavy atom. The van der Waals surface area contributed by atoms with Gasteiger partial charge in [0.15, 0.2) is 0 Å². The second-order valence-electron chi connectivity index (χ2n) is 7.76. The molecule has 3 aromatic rings. The topological polar surface area (TPSA) is 102 Å². The monoisotopic (exact) mass is 504 g/mol. The van der Waals surface area contributed by atoms with Gasteiger partial charge in [-0.15, -0.1) is 0 Å². The third kappa shape index (κ3) is 4.99. The van der Waals surface area contributed by atoms with Crippen molar-refractivity contribution in [3.05, 3.63) is 100 Å². The van der Waals surface area contributed by atoms with Crippen LogP contribution in [0.4, 0.5) is 11.4 Å². The maximum absolute atomic E-state index is 13.0. The average Bonchev–Trinajstić information content (AvgIpc) is 3.12. The lowest BCUT2D eigenvalue weighted by Crippen LogP contribution is -2.32. The lowest BCUT2D eigenvalue weighted by molar-refractivity contribution is -0.120. The molecule has 0 saturated heterocycles. The minimum atomic E-state index is -0.704. The van der Waals surface area contributed by atoms with Crippen LogP contribution in [0.25, 0.3) is 0 Å². The number of anilines is 2. The van der Waals surface area contributed by atoms with Gasteiger partial charge in [0.05, 0.1) is 23.9 Å². The van der Waals surface area contributed by atoms with Crippen molar-refractivity contribution in [3.63, 3.8) is 0 Å². The maximum Gasteiger partial charge on any atom is 0.343 e. The van der Waals surface area contributed by atoms with E-state index >= 15 is 0 Å². The van der Waals surface area contributed by atoms with E-state index in [-0.39, 0.29) is 22.0 Å². The number of nitrogens with zero attached hydrogens (tertiary/aromatic N) is 1. The number of benzene rings is 3. The van der Waals surface area contributed by atoms with Gasteiger partial charge in [0, 0.05) is 5.69 Å². The van der Waals surface area contributed by atoms with Crippen LogP contribution in [0, 0.1) is 0 Å². The number of esters is 2. The van der Waals surface area contributed by atoms with Gasteiger partial charge in [-0.3, -0.25) is 9.59 Å². The van der Waals surface area contributed by atoms with Gasteiger partial charge in [-0.1, -0.05) is 30.7 Å². The first kappa shape index (κ1) is 24.7. The molecule has 8 nitrogen and oxygen atoms in total. The average molecular weight is 505 g/mol. The fraction of sp³-hybridized carbons (Fsp3) is 0.111. The van der Waals surface area contributed by atoms with Crippen molar-refractivity contribution in [3.8, 4) is 5.75 Å². The van der Waals surface area contributed by atoms with Gasteiger partial charge in [-0.05, 0) is 72.6 Å². The van der Waals surface area contributed by atoms with Gasteiger partial charge >= 0.3 is 11.9 Å². The molecule has 1 aliphatic heterocycles. The lowest BCUT2D eigenvalue weighted by Gasteiger charge is -2.15. The summed E-state index contributed by atoms with van der Waals surface area (Å²) in [6.07, 6.45) is 0.886. The highest BCUT2D eigenvalue weighted by Gasteiger charge is 2.39. The Morgan fingerprint density at radius 3 is 2.00 bits per heavy atom. The largest absolute Gasteiger partial charge is 0.465 e. The fourth-order valence-electron chi connectivity index (χ4n) is 3.50. The molecule has 0 radical (unpaired) electrons. The Morgan fingerprint density at radius 2 is 1.42 bits per heavy atom. The van der Waals surface area contributed by atoms with Crippen LogP contribution in [-0.2, 0) is 20.7 Å². The molecule has 1 heterocycles. The summed E-state index contributed by atoms with van der Waals surface area (Å²) in [5.41, 5.74) is 2.30. The Bertz CT molecular complexity index is 1360. The number of carbonyl (C=O) groups excluding carboxylic acids is 4. The first-order chi connectivity index (χ1) is 17.3. The zero-order chi connectivity index (χ0) is 25.8. The molecule has 4 rings (SSSR count). The summed E-state index contributed by atoms with van der Waals surface area (Å²) >= 11 is 6.17. The van der Waals surface area contributed by atoms with Crippen LogP contribution in [0.5, 0.6) is 5.75 Å². The zero-order valence-electron chi connectivity index (χ0n) is 19.4. The van der Waals surface area contributed by atoms with E-state index in [0.717, 1.165) is 16.9 Å². The van der Waals surface area contributed by atoms with Gasteiger partial charge in [0.1, 0.15) is 16.5 Å². The van der Waals surface area contributed by atoms with Crippen molar-refractivity contribution >= 4 is 46.7 Å². The minimum absolute atomic E-state index is 0.106. The number of carbonyl (C=O) groups is 4. The Balaban J connectivity index is 1.45. The number of imide groups is 1. The number of ether oxygens (including phenoxy) is 2. The van der Waals surface area contributed by atoms with Crippen molar-refractivity contribution in [2.75, 3.05) is 17.3 Å². The predicted octanol–water partition coefficient (Wildman–Crippen LogP) is 4.69. The molecule has 0 unspecified atom stereocenters. The van der Waals surface area contributed by atoms with E-state index in [9.17, 15) is 19.2 Å². The number of nitrogens with one attached hydrogen (secondary N) is 1. The van der Waals surface area contributed by atoms with Crippen molar-refractivity contribution < 1.29 is 28.7 Å². The molecule has 9 heteroatoms. The van der Waals surface area contributed by atoms with Crippen LogP contribution in [-0.4, -0.2) is 30.9 Å². The number of hydrogen-bond donors (Lipinski definition) is 1. The van der Waals surface area contributed by atoms with Crippen molar-refractivity contribution in [1.29, 1.82) is 0 Å². The summed E-state index contributed by atoms with van der Waals surface area (Å²) in [6, 6.07) is 19.2. The second-order valence-corrected chi connectivity index (χ2v) is 8.14. The Hall–Kier alpha value is -4.43. The van der Waals surface area contributed by atoms with Crippen molar-refractivity contribution in [2.45, 2.75) is 13.3 Å².